The summed E-state index contributed by atoms with van der Waals surface area (Å²) in [6.07, 6.45) is -4.77. The van der Waals surface area contributed by atoms with Crippen molar-refractivity contribution < 1.29 is 27.4 Å². The summed E-state index contributed by atoms with van der Waals surface area (Å²) in [4.78, 5) is 14.3. The molecule has 1 heterocycles. The fraction of sp³-hybridized carbons (Fsp3) is 0.174. The molecule has 0 bridgehead atoms. The van der Waals surface area contributed by atoms with Crippen molar-refractivity contribution in [1.29, 1.82) is 0 Å². The molecule has 3 aromatic rings. The molecule has 0 aliphatic carbocycles. The molecular formula is C23H18F3NO3. The Kier molecular flexibility index (Phi) is 5.46. The molecule has 7 heteroatoms. The monoisotopic (exact) mass is 413 g/mol. The van der Waals surface area contributed by atoms with Crippen LogP contribution in [-0.4, -0.2) is 25.2 Å². The van der Waals surface area contributed by atoms with E-state index in [-0.39, 0.29) is 29.7 Å². The first-order valence-corrected chi connectivity index (χ1v) is 9.33. The minimum Gasteiger partial charge on any atom is -0.491 e. The number of carbonyl (C=O) groups excluding carboxylic acids is 1. The van der Waals surface area contributed by atoms with Crippen LogP contribution in [-0.2, 0) is 10.9 Å². The summed E-state index contributed by atoms with van der Waals surface area (Å²) in [7, 11) is 0. The molecule has 1 aliphatic rings. The molecular weight excluding hydrogens is 395 g/mol. The number of halogens is 3. The van der Waals surface area contributed by atoms with Crippen molar-refractivity contribution in [2.24, 2.45) is 0 Å². The molecule has 0 N–H and O–H groups in total. The van der Waals surface area contributed by atoms with Crippen LogP contribution in [0.15, 0.2) is 78.9 Å². The molecule has 0 spiro atoms. The number of para-hydroxylation sites is 1. The summed E-state index contributed by atoms with van der Waals surface area (Å²) in [5.41, 5.74) is -0.611. The van der Waals surface area contributed by atoms with Crippen molar-refractivity contribution >= 4 is 17.3 Å². The molecule has 1 unspecified atom stereocenters. The summed E-state index contributed by atoms with van der Waals surface area (Å²) >= 11 is 0. The third kappa shape index (κ3) is 4.46. The number of ether oxygens (including phenoxy) is 2. The van der Waals surface area contributed by atoms with E-state index in [1.807, 2.05) is 0 Å². The average molecular weight is 413 g/mol. The van der Waals surface area contributed by atoms with Crippen LogP contribution in [0.4, 0.5) is 24.5 Å². The molecule has 154 valence electrons. The quantitative estimate of drug-likeness (QED) is 0.504. The number of rotatable bonds is 6. The predicted molar refractivity (Wildman–Crippen MR) is 106 cm³/mol. The summed E-state index contributed by atoms with van der Waals surface area (Å²) in [6.45, 7) is 0.722. The number of nitrogens with zero attached hydrogens (tertiary/aromatic N) is 1. The maximum Gasteiger partial charge on any atom is 0.418 e. The molecule has 30 heavy (non-hydrogen) atoms. The van der Waals surface area contributed by atoms with Gasteiger partial charge >= 0.3 is 6.18 Å². The van der Waals surface area contributed by atoms with Gasteiger partial charge in [-0.25, -0.2) is 0 Å². The molecule has 3 aromatic carbocycles. The van der Waals surface area contributed by atoms with Gasteiger partial charge in [0.15, 0.2) is 0 Å². The predicted octanol–water partition coefficient (Wildman–Crippen LogP) is 5.46. The standard InChI is InChI=1S/C23H18F3NO3/c24-23(25,26)20-13-18(29-14-19-15-30-19)11-12-21(20)27(17-9-5-2-6-10-17)22(28)16-7-3-1-4-8-16/h1-13,19H,14-15H2. The highest BCUT2D eigenvalue weighted by Crippen LogP contribution is 2.41. The number of amides is 1. The van der Waals surface area contributed by atoms with Gasteiger partial charge in [0.25, 0.3) is 5.91 Å². The Morgan fingerprint density at radius 1 is 1.00 bits per heavy atom. The normalized spacial score (nSPS) is 15.5. The summed E-state index contributed by atoms with van der Waals surface area (Å²) in [5.74, 6) is -0.492. The molecule has 1 saturated heterocycles. The zero-order valence-corrected chi connectivity index (χ0v) is 15.8. The molecule has 4 nitrogen and oxygen atoms in total. The van der Waals surface area contributed by atoms with Gasteiger partial charge in [-0.2, -0.15) is 13.2 Å². The van der Waals surface area contributed by atoms with Crippen molar-refractivity contribution in [3.05, 3.63) is 90.0 Å². The van der Waals surface area contributed by atoms with Crippen LogP contribution in [0.1, 0.15) is 15.9 Å². The van der Waals surface area contributed by atoms with Gasteiger partial charge in [-0.15, -0.1) is 0 Å². The molecule has 1 amide bonds. The molecule has 0 saturated carbocycles. The van der Waals surface area contributed by atoms with Crippen LogP contribution in [0.3, 0.4) is 0 Å². The van der Waals surface area contributed by atoms with Gasteiger partial charge in [0.2, 0.25) is 0 Å². The Morgan fingerprint density at radius 2 is 1.63 bits per heavy atom. The van der Waals surface area contributed by atoms with Gasteiger partial charge in [-0.05, 0) is 42.5 Å². The summed E-state index contributed by atoms with van der Waals surface area (Å²) < 4.78 is 52.3. The zero-order valence-electron chi connectivity index (χ0n) is 15.8. The van der Waals surface area contributed by atoms with Crippen LogP contribution < -0.4 is 9.64 Å². The first-order valence-electron chi connectivity index (χ1n) is 9.33. The molecule has 0 radical (unpaired) electrons. The van der Waals surface area contributed by atoms with Gasteiger partial charge < -0.3 is 9.47 Å². The van der Waals surface area contributed by atoms with Crippen molar-refractivity contribution in [3.8, 4) is 5.75 Å². The minimum atomic E-state index is -4.69. The number of hydrogen-bond donors (Lipinski definition) is 0. The van der Waals surface area contributed by atoms with E-state index < -0.39 is 17.6 Å². The fourth-order valence-electron chi connectivity index (χ4n) is 3.03. The Balaban J connectivity index is 1.80. The fourth-order valence-corrected chi connectivity index (χ4v) is 3.03. The maximum atomic E-state index is 14.0. The topological polar surface area (TPSA) is 42.1 Å². The van der Waals surface area contributed by atoms with E-state index in [0.717, 1.165) is 11.0 Å². The average Bonchev–Trinajstić information content (AvgIpc) is 3.58. The Morgan fingerprint density at radius 3 is 2.23 bits per heavy atom. The summed E-state index contributed by atoms with van der Waals surface area (Å²) in [5, 5.41) is 0. The highest BCUT2D eigenvalue weighted by Gasteiger charge is 2.37. The number of hydrogen-bond acceptors (Lipinski definition) is 3. The molecule has 4 rings (SSSR count). The molecule has 1 aliphatic heterocycles. The van der Waals surface area contributed by atoms with Crippen molar-refractivity contribution in [3.63, 3.8) is 0 Å². The lowest BCUT2D eigenvalue weighted by Gasteiger charge is -2.26. The first-order chi connectivity index (χ1) is 14.4. The second-order valence-electron chi connectivity index (χ2n) is 6.79. The van der Waals surface area contributed by atoms with Crippen LogP contribution in [0.25, 0.3) is 0 Å². The van der Waals surface area contributed by atoms with Crippen molar-refractivity contribution in [1.82, 2.24) is 0 Å². The van der Waals surface area contributed by atoms with E-state index in [9.17, 15) is 18.0 Å². The summed E-state index contributed by atoms with van der Waals surface area (Å²) in [6, 6.07) is 20.1. The smallest absolute Gasteiger partial charge is 0.418 e. The number of carbonyl (C=O) groups is 1. The van der Waals surface area contributed by atoms with Gasteiger partial charge in [0, 0.05) is 11.3 Å². The van der Waals surface area contributed by atoms with Crippen LogP contribution in [0.2, 0.25) is 0 Å². The lowest BCUT2D eigenvalue weighted by Crippen LogP contribution is -2.28. The van der Waals surface area contributed by atoms with Crippen molar-refractivity contribution in [2.45, 2.75) is 12.3 Å². The van der Waals surface area contributed by atoms with Crippen molar-refractivity contribution in [2.75, 3.05) is 18.1 Å². The lowest BCUT2D eigenvalue weighted by molar-refractivity contribution is -0.137. The number of benzene rings is 3. The largest absolute Gasteiger partial charge is 0.491 e. The van der Waals surface area contributed by atoms with E-state index in [1.165, 1.54) is 12.1 Å². The van der Waals surface area contributed by atoms with Gasteiger partial charge in [-0.1, -0.05) is 36.4 Å². The lowest BCUT2D eigenvalue weighted by atomic mass is 10.1. The Hall–Kier alpha value is -3.32. The molecule has 1 atom stereocenters. The van der Waals surface area contributed by atoms with Crippen LogP contribution >= 0.6 is 0 Å². The minimum absolute atomic E-state index is 0.0711. The Bertz CT molecular complexity index is 1020. The highest BCUT2D eigenvalue weighted by atomic mass is 19.4. The van der Waals surface area contributed by atoms with Crippen LogP contribution in [0.5, 0.6) is 5.75 Å². The van der Waals surface area contributed by atoms with E-state index in [4.69, 9.17) is 9.47 Å². The Labute approximate surface area is 171 Å². The second kappa shape index (κ2) is 8.20. The van der Waals surface area contributed by atoms with E-state index in [0.29, 0.717) is 12.3 Å². The number of anilines is 2. The third-order valence-electron chi connectivity index (χ3n) is 4.59. The highest BCUT2D eigenvalue weighted by molar-refractivity contribution is 6.11. The van der Waals surface area contributed by atoms with Gasteiger partial charge in [0.1, 0.15) is 18.5 Å². The maximum absolute atomic E-state index is 14.0. The van der Waals surface area contributed by atoms with E-state index >= 15 is 0 Å². The molecule has 0 aromatic heterocycles. The van der Waals surface area contributed by atoms with E-state index in [2.05, 4.69) is 0 Å². The number of epoxide rings is 1. The van der Waals surface area contributed by atoms with Gasteiger partial charge in [-0.3, -0.25) is 9.69 Å². The zero-order chi connectivity index (χ0) is 21.1. The molecule has 1 fully saturated rings. The number of alkyl halides is 3. The first kappa shape index (κ1) is 20.0. The SMILES string of the molecule is O=C(c1ccccc1)N(c1ccccc1)c1ccc(OCC2CO2)cc1C(F)(F)F. The van der Waals surface area contributed by atoms with E-state index in [1.54, 1.807) is 60.7 Å². The van der Waals surface area contributed by atoms with Crippen LogP contribution in [0, 0.1) is 0 Å². The second-order valence-corrected chi connectivity index (χ2v) is 6.79. The third-order valence-corrected chi connectivity index (χ3v) is 4.59. The van der Waals surface area contributed by atoms with Gasteiger partial charge in [0.05, 0.1) is 17.9 Å².